The number of carbonyl (C=O) groups excluding carboxylic acids is 1. The maximum atomic E-state index is 12.6. The highest BCUT2D eigenvalue weighted by Gasteiger charge is 2.14. The summed E-state index contributed by atoms with van der Waals surface area (Å²) in [6.45, 7) is 3.43. The van der Waals surface area contributed by atoms with E-state index in [-0.39, 0.29) is 11.5 Å². The second-order valence-corrected chi connectivity index (χ2v) is 6.62. The number of nitrogens with zero attached hydrogens (tertiary/aromatic N) is 1. The van der Waals surface area contributed by atoms with Crippen LogP contribution in [0.1, 0.15) is 0 Å². The third-order valence-corrected chi connectivity index (χ3v) is 4.54. The van der Waals surface area contributed by atoms with E-state index in [9.17, 15) is 9.59 Å². The predicted octanol–water partition coefficient (Wildman–Crippen LogP) is 4.62. The maximum Gasteiger partial charge on any atom is 0.255 e. The first-order chi connectivity index (χ1) is 12.6. The van der Waals surface area contributed by atoms with E-state index in [1.807, 2.05) is 18.2 Å². The zero-order chi connectivity index (χ0) is 18.3. The summed E-state index contributed by atoms with van der Waals surface area (Å²) >= 11 is 3.46. The van der Waals surface area contributed by atoms with Crippen LogP contribution in [-0.2, 0) is 4.79 Å². The average Bonchev–Trinajstić information content (AvgIpc) is 3.00. The van der Waals surface area contributed by atoms with Crippen LogP contribution in [0.25, 0.3) is 27.8 Å². The van der Waals surface area contributed by atoms with Crippen LogP contribution in [0.5, 0.6) is 0 Å². The van der Waals surface area contributed by atoms with Crippen molar-refractivity contribution in [1.82, 2.24) is 4.57 Å². The second-order valence-electron chi connectivity index (χ2n) is 5.70. The summed E-state index contributed by atoms with van der Waals surface area (Å²) in [4.78, 5) is 24.0. The van der Waals surface area contributed by atoms with Crippen LogP contribution < -0.4 is 10.9 Å². The van der Waals surface area contributed by atoms with Crippen LogP contribution in [0.4, 0.5) is 5.69 Å². The van der Waals surface area contributed by atoms with Crippen LogP contribution in [0.15, 0.2) is 80.9 Å². The first kappa shape index (κ1) is 16.4. The molecular weight excluding hydrogens is 396 g/mol. The lowest BCUT2D eigenvalue weighted by Gasteiger charge is -2.09. The summed E-state index contributed by atoms with van der Waals surface area (Å²) < 4.78 is 8.37. The Morgan fingerprint density at radius 2 is 1.81 bits per heavy atom. The minimum Gasteiger partial charge on any atom is -0.454 e. The Labute approximate surface area is 156 Å². The smallest absolute Gasteiger partial charge is 0.255 e. The van der Waals surface area contributed by atoms with Gasteiger partial charge in [0, 0.05) is 27.3 Å². The molecule has 0 bridgehead atoms. The van der Waals surface area contributed by atoms with E-state index < -0.39 is 0 Å². The number of pyridine rings is 1. The minimum atomic E-state index is -0.289. The van der Waals surface area contributed by atoms with Crippen molar-refractivity contribution in [1.29, 1.82) is 0 Å². The third kappa shape index (κ3) is 2.74. The molecule has 128 valence electrons. The molecule has 2 aromatic heterocycles. The molecule has 5 nitrogen and oxygen atoms in total. The Bertz CT molecular complexity index is 1220. The van der Waals surface area contributed by atoms with Crippen molar-refractivity contribution in [2.75, 3.05) is 5.32 Å². The van der Waals surface area contributed by atoms with Crippen molar-refractivity contribution >= 4 is 49.6 Å². The van der Waals surface area contributed by atoms with Crippen molar-refractivity contribution in [3.63, 3.8) is 0 Å². The lowest BCUT2D eigenvalue weighted by Crippen LogP contribution is -2.17. The molecule has 0 saturated carbocycles. The fourth-order valence-electron chi connectivity index (χ4n) is 2.89. The van der Waals surface area contributed by atoms with Gasteiger partial charge in [0.1, 0.15) is 11.1 Å². The number of nitrogens with one attached hydrogen (secondary N) is 1. The van der Waals surface area contributed by atoms with E-state index >= 15 is 0 Å². The minimum absolute atomic E-state index is 0.164. The fraction of sp³-hybridized carbons (Fsp3) is 0. The number of furan rings is 1. The van der Waals surface area contributed by atoms with Gasteiger partial charge in [-0.1, -0.05) is 22.5 Å². The van der Waals surface area contributed by atoms with Crippen molar-refractivity contribution in [2.45, 2.75) is 0 Å². The average molecular weight is 409 g/mol. The molecule has 4 rings (SSSR count). The van der Waals surface area contributed by atoms with Gasteiger partial charge in [0.05, 0.1) is 0 Å². The van der Waals surface area contributed by atoms with Crippen LogP contribution in [-0.4, -0.2) is 10.5 Å². The van der Waals surface area contributed by atoms with E-state index in [1.165, 1.54) is 12.1 Å². The largest absolute Gasteiger partial charge is 0.454 e. The van der Waals surface area contributed by atoms with Gasteiger partial charge < -0.3 is 9.73 Å². The highest BCUT2D eigenvalue weighted by Crippen LogP contribution is 2.31. The number of benzene rings is 2. The van der Waals surface area contributed by atoms with Gasteiger partial charge in [-0.3, -0.25) is 14.2 Å². The monoisotopic (exact) mass is 408 g/mol. The summed E-state index contributed by atoms with van der Waals surface area (Å²) in [6, 6.07) is 15.9. The summed E-state index contributed by atoms with van der Waals surface area (Å²) in [5.41, 5.74) is 3.18. The molecule has 0 aliphatic rings. The Morgan fingerprint density at radius 3 is 2.54 bits per heavy atom. The Balaban J connectivity index is 1.93. The lowest BCUT2D eigenvalue weighted by atomic mass is 10.2. The lowest BCUT2D eigenvalue weighted by molar-refractivity contribution is -0.111. The highest BCUT2D eigenvalue weighted by molar-refractivity contribution is 9.10. The van der Waals surface area contributed by atoms with Gasteiger partial charge in [-0.25, -0.2) is 0 Å². The van der Waals surface area contributed by atoms with E-state index in [0.29, 0.717) is 28.1 Å². The number of carbonyl (C=O) groups is 1. The quantitative estimate of drug-likeness (QED) is 0.502. The summed E-state index contributed by atoms with van der Waals surface area (Å²) in [7, 11) is 0. The normalized spacial score (nSPS) is 11.0. The molecule has 26 heavy (non-hydrogen) atoms. The van der Waals surface area contributed by atoms with Gasteiger partial charge in [-0.05, 0) is 54.6 Å². The molecule has 0 saturated heterocycles. The maximum absolute atomic E-state index is 12.6. The van der Waals surface area contributed by atoms with Crippen LogP contribution in [0.2, 0.25) is 0 Å². The first-order valence-electron chi connectivity index (χ1n) is 7.84. The third-order valence-electron chi connectivity index (χ3n) is 4.05. The molecule has 0 radical (unpaired) electrons. The molecule has 0 aliphatic carbocycles. The molecule has 0 fully saturated rings. The summed E-state index contributed by atoms with van der Waals surface area (Å²) in [6.07, 6.45) is 1.20. The van der Waals surface area contributed by atoms with Gasteiger partial charge >= 0.3 is 0 Å². The Kier molecular flexibility index (Phi) is 3.97. The summed E-state index contributed by atoms with van der Waals surface area (Å²) in [5.74, 6) is -0.289. The molecule has 4 aromatic rings. The Hall–Kier alpha value is -3.12. The number of hydrogen-bond donors (Lipinski definition) is 1. The fourth-order valence-corrected chi connectivity index (χ4v) is 3.26. The molecule has 2 aromatic carbocycles. The van der Waals surface area contributed by atoms with Gasteiger partial charge in [-0.15, -0.1) is 0 Å². The molecule has 2 heterocycles. The Morgan fingerprint density at radius 1 is 1.08 bits per heavy atom. The molecule has 0 atom stereocenters. The van der Waals surface area contributed by atoms with Gasteiger partial charge in [-0.2, -0.15) is 0 Å². The zero-order valence-electron chi connectivity index (χ0n) is 13.5. The molecule has 1 N–H and O–H groups in total. The van der Waals surface area contributed by atoms with Gasteiger partial charge in [0.25, 0.3) is 5.56 Å². The number of anilines is 1. The van der Waals surface area contributed by atoms with Crippen molar-refractivity contribution in [3.05, 3.63) is 82.1 Å². The number of fused-ring (bicyclic) bond motifs is 3. The van der Waals surface area contributed by atoms with Crippen molar-refractivity contribution < 1.29 is 9.21 Å². The number of aromatic nitrogens is 1. The molecule has 0 spiro atoms. The van der Waals surface area contributed by atoms with Crippen molar-refractivity contribution in [3.8, 4) is 5.69 Å². The van der Waals surface area contributed by atoms with Crippen LogP contribution in [0, 0.1) is 0 Å². The van der Waals surface area contributed by atoms with E-state index in [2.05, 4.69) is 27.8 Å². The molecule has 1 amide bonds. The van der Waals surface area contributed by atoms with Gasteiger partial charge in [0.15, 0.2) is 5.58 Å². The predicted molar refractivity (Wildman–Crippen MR) is 106 cm³/mol. The van der Waals surface area contributed by atoms with Crippen LogP contribution in [0.3, 0.4) is 0 Å². The topological polar surface area (TPSA) is 64.2 Å². The molecular formula is C20H13BrN2O3. The molecule has 0 aliphatic heterocycles. The standard InChI is InChI=1S/C20H13BrN2O3/c1-2-18(24)22-13-4-6-14(7-5-13)23-19(25)10-9-17-20(23)15-11-12(21)3-8-16(15)26-17/h2-11H,1H2,(H,22,24). The zero-order valence-corrected chi connectivity index (χ0v) is 15.1. The first-order valence-corrected chi connectivity index (χ1v) is 8.64. The highest BCUT2D eigenvalue weighted by atomic mass is 79.9. The number of halogens is 1. The van der Waals surface area contributed by atoms with Crippen molar-refractivity contribution in [2.24, 2.45) is 0 Å². The molecule has 6 heteroatoms. The van der Waals surface area contributed by atoms with Gasteiger partial charge in [0.2, 0.25) is 5.91 Å². The summed E-state index contributed by atoms with van der Waals surface area (Å²) in [5, 5.41) is 3.53. The number of hydrogen-bond acceptors (Lipinski definition) is 3. The number of amides is 1. The second kappa shape index (κ2) is 6.31. The molecule has 0 unspecified atom stereocenters. The van der Waals surface area contributed by atoms with Crippen LogP contribution >= 0.6 is 15.9 Å². The van der Waals surface area contributed by atoms with E-state index in [0.717, 1.165) is 9.86 Å². The van der Waals surface area contributed by atoms with E-state index in [1.54, 1.807) is 34.9 Å². The number of rotatable bonds is 3. The van der Waals surface area contributed by atoms with E-state index in [4.69, 9.17) is 4.42 Å². The SMILES string of the molecule is C=CC(=O)Nc1ccc(-n2c(=O)ccc3oc4ccc(Br)cc4c32)cc1.